The van der Waals surface area contributed by atoms with Gasteiger partial charge in [0, 0.05) is 0 Å². The average molecular weight is 455 g/mol. The van der Waals surface area contributed by atoms with Crippen LogP contribution in [-0.2, 0) is 21.9 Å². The molecule has 0 amide bonds. The molecule has 1 aromatic carbocycles. The van der Waals surface area contributed by atoms with E-state index in [2.05, 4.69) is 25.1 Å². The van der Waals surface area contributed by atoms with Gasteiger partial charge in [-0.05, 0) is 86.8 Å². The first-order valence-electron chi connectivity index (χ1n) is 12.4. The topological polar surface area (TPSA) is 76.0 Å². The number of unbranched alkanes of at least 4 members (excludes halogenated alkanes) is 2. The highest BCUT2D eigenvalue weighted by atomic mass is 31.2. The predicted octanol–water partition coefficient (Wildman–Crippen LogP) is 6.69. The summed E-state index contributed by atoms with van der Waals surface area (Å²) in [5.41, 5.74) is 2.83. The Kier molecular flexibility index (Phi) is 11.1. The molecule has 2 aliphatic carbocycles. The molecule has 2 N–H and O–H groups in total. The lowest BCUT2D eigenvalue weighted by atomic mass is 9.73. The van der Waals surface area contributed by atoms with Crippen molar-refractivity contribution in [2.24, 2.45) is 17.8 Å². The van der Waals surface area contributed by atoms with Crippen molar-refractivity contribution >= 4 is 7.82 Å². The molecular weight excluding hydrogens is 411 g/mol. The number of hydrogen-bond acceptors (Lipinski definition) is 3. The van der Waals surface area contributed by atoms with Crippen LogP contribution in [0.2, 0.25) is 0 Å². The molecule has 6 heteroatoms. The average Bonchev–Trinajstić information content (AvgIpc) is 3.13. The van der Waals surface area contributed by atoms with Crippen LogP contribution in [0.1, 0.15) is 90.2 Å². The third kappa shape index (κ3) is 7.89. The molecular formula is C25H43O5P. The van der Waals surface area contributed by atoms with Gasteiger partial charge < -0.3 is 14.5 Å². The molecule has 0 spiro atoms. The lowest BCUT2D eigenvalue weighted by Gasteiger charge is -2.32. The smallest absolute Gasteiger partial charge is 0.469 e. The van der Waals surface area contributed by atoms with Crippen molar-refractivity contribution in [1.82, 2.24) is 0 Å². The lowest BCUT2D eigenvalue weighted by Crippen LogP contribution is -2.26. The summed E-state index contributed by atoms with van der Waals surface area (Å²) in [6.07, 6.45) is 9.95. The van der Waals surface area contributed by atoms with Gasteiger partial charge in [-0.2, -0.15) is 0 Å². The first kappa shape index (κ1) is 26.4. The molecule has 0 unspecified atom stereocenters. The van der Waals surface area contributed by atoms with Gasteiger partial charge in [0.2, 0.25) is 0 Å². The molecule has 1 fully saturated rings. The van der Waals surface area contributed by atoms with Crippen molar-refractivity contribution in [2.75, 3.05) is 6.61 Å². The van der Waals surface area contributed by atoms with Crippen molar-refractivity contribution in [3.63, 3.8) is 0 Å². The second-order valence-electron chi connectivity index (χ2n) is 8.79. The minimum Gasteiger partial charge on any atom is -0.494 e. The zero-order valence-corrected chi connectivity index (χ0v) is 20.8. The molecule has 5 nitrogen and oxygen atoms in total. The molecule has 0 saturated heterocycles. The van der Waals surface area contributed by atoms with Gasteiger partial charge in [0.15, 0.2) is 0 Å². The minimum absolute atomic E-state index is 0.332. The van der Waals surface area contributed by atoms with E-state index in [-0.39, 0.29) is 6.10 Å². The Hall–Kier alpha value is -0.870. The maximum Gasteiger partial charge on any atom is 0.469 e. The predicted molar refractivity (Wildman–Crippen MR) is 126 cm³/mol. The molecule has 2 aliphatic rings. The molecule has 0 heterocycles. The van der Waals surface area contributed by atoms with Crippen LogP contribution in [0.15, 0.2) is 18.2 Å². The van der Waals surface area contributed by atoms with E-state index in [9.17, 15) is 14.4 Å². The maximum absolute atomic E-state index is 11.4. The van der Waals surface area contributed by atoms with Crippen molar-refractivity contribution in [2.45, 2.75) is 98.0 Å². The van der Waals surface area contributed by atoms with E-state index in [0.29, 0.717) is 24.4 Å². The van der Waals surface area contributed by atoms with Crippen LogP contribution in [-0.4, -0.2) is 22.5 Å². The number of rotatable bonds is 11. The van der Waals surface area contributed by atoms with Crippen molar-refractivity contribution in [1.29, 1.82) is 0 Å². The summed E-state index contributed by atoms with van der Waals surface area (Å²) in [4.78, 5) is 18.6. The maximum atomic E-state index is 11.4. The molecule has 4 atom stereocenters. The molecule has 178 valence electrons. The Bertz CT molecular complexity index is 701. The van der Waals surface area contributed by atoms with E-state index in [1.807, 2.05) is 20.8 Å². The zero-order chi connectivity index (χ0) is 22.9. The van der Waals surface area contributed by atoms with E-state index in [0.717, 1.165) is 57.1 Å². The fourth-order valence-electron chi connectivity index (χ4n) is 5.49. The van der Waals surface area contributed by atoms with Gasteiger partial charge in [0.25, 0.3) is 0 Å². The normalized spacial score (nSPS) is 23.4. The molecule has 31 heavy (non-hydrogen) atoms. The molecule has 0 aromatic heterocycles. The van der Waals surface area contributed by atoms with Crippen molar-refractivity contribution in [3.05, 3.63) is 29.3 Å². The summed E-state index contributed by atoms with van der Waals surface area (Å²) in [5, 5.41) is 0. The first-order chi connectivity index (χ1) is 14.9. The Labute approximate surface area is 189 Å². The molecule has 1 aromatic rings. The Morgan fingerprint density at radius 2 is 1.87 bits per heavy atom. The van der Waals surface area contributed by atoms with Gasteiger partial charge in [-0.25, -0.2) is 4.57 Å². The molecule has 1 saturated carbocycles. The summed E-state index contributed by atoms with van der Waals surface area (Å²) in [6, 6.07) is 6.44. The third-order valence-corrected chi connectivity index (χ3v) is 7.42. The zero-order valence-electron chi connectivity index (χ0n) is 19.9. The SMILES string of the molecule is CC.CCCCC[C@@H](CC[C@H]1CC[C@@H]2Cc3c(cccc3OCC)C[C@H]12)OP(=O)(O)O. The van der Waals surface area contributed by atoms with E-state index in [1.54, 1.807) is 0 Å². The second-order valence-corrected chi connectivity index (χ2v) is 9.98. The third-order valence-electron chi connectivity index (χ3n) is 6.85. The van der Waals surface area contributed by atoms with Crippen molar-refractivity contribution < 1.29 is 23.6 Å². The summed E-state index contributed by atoms with van der Waals surface area (Å²) in [6.45, 7) is 8.87. The van der Waals surface area contributed by atoms with Gasteiger partial charge in [0.1, 0.15) is 5.75 Å². The largest absolute Gasteiger partial charge is 0.494 e. The van der Waals surface area contributed by atoms with E-state index in [4.69, 9.17) is 9.26 Å². The van der Waals surface area contributed by atoms with Gasteiger partial charge >= 0.3 is 7.82 Å². The molecule has 0 radical (unpaired) electrons. The van der Waals surface area contributed by atoms with Crippen LogP contribution in [0.3, 0.4) is 0 Å². The number of benzene rings is 1. The first-order valence-corrected chi connectivity index (χ1v) is 13.9. The van der Waals surface area contributed by atoms with Gasteiger partial charge in [-0.1, -0.05) is 52.2 Å². The fourth-order valence-corrected chi connectivity index (χ4v) is 6.09. The van der Waals surface area contributed by atoms with Crippen LogP contribution < -0.4 is 4.74 Å². The summed E-state index contributed by atoms with van der Waals surface area (Å²) in [5.74, 6) is 3.05. The van der Waals surface area contributed by atoms with E-state index in [1.165, 1.54) is 24.0 Å². The standard InChI is InChI=1S/C23H37O5P.C2H6/c1-3-5-6-9-20(28-29(24,25)26)14-13-17-11-12-19-16-22-18(15-21(17)19)8-7-10-23(22)27-4-2;1-2/h7-8,10,17,19-21H,3-6,9,11-16H2,1-2H3,(H2,24,25,26);1-2H3/t17-,19-,20+,21-;/m1./s1. The molecule has 0 aliphatic heterocycles. The Morgan fingerprint density at radius 1 is 1.10 bits per heavy atom. The van der Waals surface area contributed by atoms with Gasteiger partial charge in [-0.15, -0.1) is 0 Å². The Balaban J connectivity index is 0.00000166. The fraction of sp³-hybridized carbons (Fsp3) is 0.760. The molecule has 0 bridgehead atoms. The van der Waals surface area contributed by atoms with Gasteiger partial charge in [-0.3, -0.25) is 4.52 Å². The highest BCUT2D eigenvalue weighted by Crippen LogP contribution is 2.49. The van der Waals surface area contributed by atoms with Crippen LogP contribution in [0, 0.1) is 17.8 Å². The number of fused-ring (bicyclic) bond motifs is 2. The van der Waals surface area contributed by atoms with Crippen molar-refractivity contribution in [3.8, 4) is 5.75 Å². The van der Waals surface area contributed by atoms with Crippen LogP contribution in [0.4, 0.5) is 0 Å². The Morgan fingerprint density at radius 3 is 2.55 bits per heavy atom. The summed E-state index contributed by atoms with van der Waals surface area (Å²) < 4.78 is 22.4. The van der Waals surface area contributed by atoms with Crippen LogP contribution in [0.5, 0.6) is 5.75 Å². The number of ether oxygens (including phenoxy) is 1. The lowest BCUT2D eigenvalue weighted by molar-refractivity contribution is 0.108. The van der Waals surface area contributed by atoms with Crippen LogP contribution >= 0.6 is 7.82 Å². The van der Waals surface area contributed by atoms with E-state index >= 15 is 0 Å². The second kappa shape index (κ2) is 13.0. The number of hydrogen-bond donors (Lipinski definition) is 2. The highest BCUT2D eigenvalue weighted by molar-refractivity contribution is 7.46. The number of phosphoric ester groups is 1. The quantitative estimate of drug-likeness (QED) is 0.288. The highest BCUT2D eigenvalue weighted by Gasteiger charge is 2.40. The van der Waals surface area contributed by atoms with E-state index < -0.39 is 7.82 Å². The number of phosphoric acid groups is 1. The molecule has 3 rings (SSSR count). The van der Waals surface area contributed by atoms with Gasteiger partial charge in [0.05, 0.1) is 12.7 Å². The van der Waals surface area contributed by atoms with Crippen LogP contribution in [0.25, 0.3) is 0 Å². The summed E-state index contributed by atoms with van der Waals surface area (Å²) in [7, 11) is -4.43. The monoisotopic (exact) mass is 454 g/mol. The minimum atomic E-state index is -4.43. The summed E-state index contributed by atoms with van der Waals surface area (Å²) >= 11 is 0.